The molecule has 1 amide bonds. The predicted octanol–water partition coefficient (Wildman–Crippen LogP) is 0.823. The Morgan fingerprint density at radius 3 is 2.93 bits per heavy atom. The first-order chi connectivity index (χ1) is 6.66. The number of amides is 1. The van der Waals surface area contributed by atoms with Crippen LogP contribution in [0, 0.1) is 12.7 Å². The van der Waals surface area contributed by atoms with E-state index in [4.69, 9.17) is 5.73 Å². The summed E-state index contributed by atoms with van der Waals surface area (Å²) in [6.07, 6.45) is 0. The van der Waals surface area contributed by atoms with Gasteiger partial charge < -0.3 is 11.1 Å². The highest BCUT2D eigenvalue weighted by Crippen LogP contribution is 2.11. The van der Waals surface area contributed by atoms with Crippen molar-refractivity contribution in [3.8, 4) is 0 Å². The van der Waals surface area contributed by atoms with Gasteiger partial charge in [0.2, 0.25) is 0 Å². The van der Waals surface area contributed by atoms with Gasteiger partial charge in [-0.3, -0.25) is 4.79 Å². The number of hydrogen-bond donors (Lipinski definition) is 2. The quantitative estimate of drug-likeness (QED) is 0.752. The number of carbonyl (C=O) groups is 1. The van der Waals surface area contributed by atoms with Gasteiger partial charge in [0, 0.05) is 13.1 Å². The Morgan fingerprint density at radius 2 is 2.29 bits per heavy atom. The summed E-state index contributed by atoms with van der Waals surface area (Å²) in [6.45, 7) is 2.32. The van der Waals surface area contributed by atoms with Crippen LogP contribution in [0.4, 0.5) is 4.39 Å². The van der Waals surface area contributed by atoms with Crippen LogP contribution in [0.25, 0.3) is 0 Å². The third-order valence-electron chi connectivity index (χ3n) is 1.87. The highest BCUT2D eigenvalue weighted by molar-refractivity contribution is 5.94. The van der Waals surface area contributed by atoms with Crippen LogP contribution in [0.3, 0.4) is 0 Å². The van der Waals surface area contributed by atoms with E-state index in [9.17, 15) is 9.18 Å². The number of hydrogen-bond acceptors (Lipinski definition) is 2. The van der Waals surface area contributed by atoms with Crippen LogP contribution in [0.5, 0.6) is 0 Å². The van der Waals surface area contributed by atoms with Crippen LogP contribution in [-0.2, 0) is 0 Å². The summed E-state index contributed by atoms with van der Waals surface area (Å²) in [5.74, 6) is -0.890. The number of halogens is 1. The molecule has 0 aliphatic rings. The minimum absolute atomic E-state index is 0.0680. The average Bonchev–Trinajstić information content (AvgIpc) is 2.18. The number of nitrogens with two attached hydrogens (primary N) is 1. The molecular formula is C10H13FN2O. The summed E-state index contributed by atoms with van der Waals surface area (Å²) in [7, 11) is 0. The fourth-order valence-electron chi connectivity index (χ4n) is 1.10. The fraction of sp³-hybridized carbons (Fsp3) is 0.300. The Morgan fingerprint density at radius 1 is 1.57 bits per heavy atom. The van der Waals surface area contributed by atoms with Crippen LogP contribution in [0.15, 0.2) is 18.2 Å². The molecular weight excluding hydrogens is 183 g/mol. The summed E-state index contributed by atoms with van der Waals surface area (Å²) >= 11 is 0. The summed E-state index contributed by atoms with van der Waals surface area (Å²) in [6, 6.07) is 4.72. The molecule has 0 saturated carbocycles. The lowest BCUT2D eigenvalue weighted by molar-refractivity contribution is 0.0950. The van der Waals surface area contributed by atoms with Gasteiger partial charge in [0.1, 0.15) is 5.82 Å². The molecule has 4 heteroatoms. The van der Waals surface area contributed by atoms with Crippen molar-refractivity contribution >= 4 is 5.91 Å². The molecule has 3 nitrogen and oxygen atoms in total. The fourth-order valence-corrected chi connectivity index (χ4v) is 1.10. The zero-order valence-electron chi connectivity index (χ0n) is 8.01. The third-order valence-corrected chi connectivity index (χ3v) is 1.87. The molecule has 0 aromatic heterocycles. The summed E-state index contributed by atoms with van der Waals surface area (Å²) in [5, 5.41) is 2.51. The summed E-state index contributed by atoms with van der Waals surface area (Å²) < 4.78 is 13.4. The molecule has 1 aromatic rings. The Bertz CT molecular complexity index is 339. The molecule has 0 aliphatic heterocycles. The number of aryl methyl sites for hydroxylation is 1. The largest absolute Gasteiger partial charge is 0.351 e. The Balaban J connectivity index is 2.84. The zero-order valence-corrected chi connectivity index (χ0v) is 8.01. The number of benzene rings is 1. The monoisotopic (exact) mass is 196 g/mol. The van der Waals surface area contributed by atoms with Gasteiger partial charge in [-0.1, -0.05) is 12.1 Å². The van der Waals surface area contributed by atoms with Crippen molar-refractivity contribution < 1.29 is 9.18 Å². The molecule has 0 unspecified atom stereocenters. The molecule has 1 aromatic carbocycles. The normalized spacial score (nSPS) is 9.93. The topological polar surface area (TPSA) is 55.1 Å². The van der Waals surface area contributed by atoms with Gasteiger partial charge in [-0.25, -0.2) is 4.39 Å². The Kier molecular flexibility index (Phi) is 3.59. The van der Waals surface area contributed by atoms with Crippen LogP contribution >= 0.6 is 0 Å². The third kappa shape index (κ3) is 2.29. The van der Waals surface area contributed by atoms with Crippen molar-refractivity contribution in [3.05, 3.63) is 35.1 Å². The van der Waals surface area contributed by atoms with E-state index >= 15 is 0 Å². The number of rotatable bonds is 3. The second kappa shape index (κ2) is 4.72. The highest BCUT2D eigenvalue weighted by atomic mass is 19.1. The minimum atomic E-state index is -0.470. The second-order valence-electron chi connectivity index (χ2n) is 2.98. The molecule has 0 bridgehead atoms. The van der Waals surface area contributed by atoms with Crippen LogP contribution in [0.2, 0.25) is 0 Å². The Hall–Kier alpha value is -1.42. The van der Waals surface area contributed by atoms with Crippen molar-refractivity contribution in [2.75, 3.05) is 13.1 Å². The molecule has 3 N–H and O–H groups in total. The number of nitrogens with one attached hydrogen (secondary N) is 1. The van der Waals surface area contributed by atoms with E-state index in [0.29, 0.717) is 18.7 Å². The maximum atomic E-state index is 13.4. The highest BCUT2D eigenvalue weighted by Gasteiger charge is 2.11. The molecule has 76 valence electrons. The van der Waals surface area contributed by atoms with Gasteiger partial charge in [0.15, 0.2) is 0 Å². The van der Waals surface area contributed by atoms with Crippen molar-refractivity contribution in [1.29, 1.82) is 0 Å². The van der Waals surface area contributed by atoms with Gasteiger partial charge in [-0.05, 0) is 18.6 Å². The first kappa shape index (κ1) is 10.7. The zero-order chi connectivity index (χ0) is 10.6. The van der Waals surface area contributed by atoms with Crippen molar-refractivity contribution in [3.63, 3.8) is 0 Å². The van der Waals surface area contributed by atoms with Crippen LogP contribution in [0.1, 0.15) is 15.9 Å². The molecule has 0 saturated heterocycles. The smallest absolute Gasteiger partial charge is 0.254 e. The van der Waals surface area contributed by atoms with Gasteiger partial charge in [0.05, 0.1) is 5.56 Å². The maximum absolute atomic E-state index is 13.4. The van der Waals surface area contributed by atoms with E-state index in [2.05, 4.69) is 5.32 Å². The lowest BCUT2D eigenvalue weighted by Crippen LogP contribution is -2.29. The predicted molar refractivity (Wildman–Crippen MR) is 52.5 cm³/mol. The molecule has 14 heavy (non-hydrogen) atoms. The minimum Gasteiger partial charge on any atom is -0.351 e. The molecule has 0 aliphatic carbocycles. The standard InChI is InChI=1S/C10H13FN2O/c1-7-3-2-4-8(9(7)11)10(14)13-6-5-12/h2-4H,5-6,12H2,1H3,(H,13,14). The first-order valence-electron chi connectivity index (χ1n) is 4.40. The van der Waals surface area contributed by atoms with Gasteiger partial charge in [-0.15, -0.1) is 0 Å². The number of carbonyl (C=O) groups excluding carboxylic acids is 1. The van der Waals surface area contributed by atoms with Gasteiger partial charge >= 0.3 is 0 Å². The SMILES string of the molecule is Cc1cccc(C(=O)NCCN)c1F. The van der Waals surface area contributed by atoms with Crippen LogP contribution in [-0.4, -0.2) is 19.0 Å². The lowest BCUT2D eigenvalue weighted by Gasteiger charge is -2.05. The van der Waals surface area contributed by atoms with E-state index in [1.165, 1.54) is 6.07 Å². The molecule has 0 heterocycles. The van der Waals surface area contributed by atoms with Crippen molar-refractivity contribution in [2.45, 2.75) is 6.92 Å². The first-order valence-corrected chi connectivity index (χ1v) is 4.40. The molecule has 0 spiro atoms. The molecule has 0 radical (unpaired) electrons. The van der Waals surface area contributed by atoms with Gasteiger partial charge in [0.25, 0.3) is 5.91 Å². The van der Waals surface area contributed by atoms with E-state index in [-0.39, 0.29) is 5.56 Å². The molecule has 0 atom stereocenters. The lowest BCUT2D eigenvalue weighted by atomic mass is 10.1. The molecule has 1 rings (SSSR count). The van der Waals surface area contributed by atoms with E-state index in [1.807, 2.05) is 0 Å². The summed E-state index contributed by atoms with van der Waals surface area (Å²) in [5.41, 5.74) is 5.75. The summed E-state index contributed by atoms with van der Waals surface area (Å²) in [4.78, 5) is 11.4. The van der Waals surface area contributed by atoms with Gasteiger partial charge in [-0.2, -0.15) is 0 Å². The average molecular weight is 196 g/mol. The van der Waals surface area contributed by atoms with Crippen molar-refractivity contribution in [2.24, 2.45) is 5.73 Å². The van der Waals surface area contributed by atoms with E-state index in [0.717, 1.165) is 0 Å². The second-order valence-corrected chi connectivity index (χ2v) is 2.98. The molecule has 0 fully saturated rings. The van der Waals surface area contributed by atoms with E-state index in [1.54, 1.807) is 19.1 Å². The van der Waals surface area contributed by atoms with Crippen molar-refractivity contribution in [1.82, 2.24) is 5.32 Å². The van der Waals surface area contributed by atoms with E-state index < -0.39 is 11.7 Å². The van der Waals surface area contributed by atoms with Crippen LogP contribution < -0.4 is 11.1 Å². The Labute approximate surface area is 82.1 Å². The maximum Gasteiger partial charge on any atom is 0.254 e.